The molecule has 0 bridgehead atoms. The number of rotatable bonds is 5. The highest BCUT2D eigenvalue weighted by Gasteiger charge is 2.31. The molecule has 1 aromatic heterocycles. The van der Waals surface area contributed by atoms with Crippen molar-refractivity contribution < 1.29 is 23.9 Å². The van der Waals surface area contributed by atoms with Gasteiger partial charge in [0.2, 0.25) is 0 Å². The lowest BCUT2D eigenvalue weighted by Crippen LogP contribution is -2.51. The molecule has 0 radical (unpaired) electrons. The van der Waals surface area contributed by atoms with E-state index < -0.39 is 24.0 Å². The van der Waals surface area contributed by atoms with Crippen LogP contribution in [-0.2, 0) is 19.1 Å². The van der Waals surface area contributed by atoms with Gasteiger partial charge in [-0.15, -0.1) is 11.3 Å². The van der Waals surface area contributed by atoms with E-state index >= 15 is 0 Å². The number of nitrogens with zero attached hydrogens (tertiary/aromatic N) is 2. The standard InChI is InChI=1S/C19H23N3O5S/c1-26-16(23)10-14(18(24)27-2)21-19(25)22-9-5-6-12(11-22)17-20-13-7-3-4-8-15(13)28-17/h3-4,7-8,12,14H,5-6,9-11H2,1-2H3,(H,21,25)/t12?,14-/m0/s1. The Labute approximate surface area is 166 Å². The number of para-hydroxylation sites is 1. The van der Waals surface area contributed by atoms with E-state index in [2.05, 4.69) is 14.8 Å². The molecule has 28 heavy (non-hydrogen) atoms. The first-order valence-electron chi connectivity index (χ1n) is 9.07. The Balaban J connectivity index is 1.67. The van der Waals surface area contributed by atoms with Crippen LogP contribution in [-0.4, -0.2) is 61.2 Å². The molecule has 1 N–H and O–H groups in total. The summed E-state index contributed by atoms with van der Waals surface area (Å²) in [5.74, 6) is -1.13. The lowest BCUT2D eigenvalue weighted by molar-refractivity contribution is -0.149. The Bertz CT molecular complexity index is 835. The van der Waals surface area contributed by atoms with Gasteiger partial charge in [0.15, 0.2) is 0 Å². The van der Waals surface area contributed by atoms with E-state index in [0.717, 1.165) is 28.1 Å². The van der Waals surface area contributed by atoms with Crippen molar-refractivity contribution in [1.29, 1.82) is 0 Å². The Morgan fingerprint density at radius 3 is 2.79 bits per heavy atom. The molecule has 0 aliphatic carbocycles. The summed E-state index contributed by atoms with van der Waals surface area (Å²) in [4.78, 5) is 42.5. The number of benzene rings is 1. The quantitative estimate of drug-likeness (QED) is 0.767. The fourth-order valence-electron chi connectivity index (χ4n) is 3.25. The number of carbonyl (C=O) groups is 3. The Morgan fingerprint density at radius 2 is 2.07 bits per heavy atom. The highest BCUT2D eigenvalue weighted by Crippen LogP contribution is 2.32. The van der Waals surface area contributed by atoms with Crippen LogP contribution in [0.2, 0.25) is 0 Å². The molecule has 1 saturated heterocycles. The lowest BCUT2D eigenvalue weighted by atomic mass is 9.99. The number of nitrogens with one attached hydrogen (secondary N) is 1. The Kier molecular flexibility index (Phi) is 6.45. The van der Waals surface area contributed by atoms with Crippen molar-refractivity contribution >= 4 is 39.5 Å². The number of amides is 2. The maximum atomic E-state index is 12.7. The van der Waals surface area contributed by atoms with Crippen LogP contribution in [0, 0.1) is 0 Å². The number of hydrogen-bond donors (Lipinski definition) is 1. The van der Waals surface area contributed by atoms with E-state index in [1.54, 1.807) is 16.2 Å². The predicted octanol–water partition coefficient (Wildman–Crippen LogP) is 2.29. The van der Waals surface area contributed by atoms with Gasteiger partial charge in [-0.1, -0.05) is 12.1 Å². The van der Waals surface area contributed by atoms with Gasteiger partial charge in [0.1, 0.15) is 6.04 Å². The number of piperidine rings is 1. The normalized spacial score (nSPS) is 17.8. The smallest absolute Gasteiger partial charge is 0.329 e. The third-order valence-electron chi connectivity index (χ3n) is 4.75. The number of fused-ring (bicyclic) bond motifs is 1. The zero-order valence-electron chi connectivity index (χ0n) is 15.8. The zero-order valence-corrected chi connectivity index (χ0v) is 16.7. The maximum absolute atomic E-state index is 12.7. The predicted molar refractivity (Wildman–Crippen MR) is 104 cm³/mol. The van der Waals surface area contributed by atoms with Crippen molar-refractivity contribution in [3.05, 3.63) is 29.3 Å². The van der Waals surface area contributed by atoms with Crippen LogP contribution >= 0.6 is 11.3 Å². The lowest BCUT2D eigenvalue weighted by Gasteiger charge is -2.32. The summed E-state index contributed by atoms with van der Waals surface area (Å²) >= 11 is 1.65. The largest absolute Gasteiger partial charge is 0.469 e. The molecule has 1 unspecified atom stereocenters. The van der Waals surface area contributed by atoms with E-state index in [4.69, 9.17) is 4.98 Å². The van der Waals surface area contributed by atoms with Gasteiger partial charge in [-0.3, -0.25) is 4.79 Å². The molecular weight excluding hydrogens is 382 g/mol. The molecule has 150 valence electrons. The number of aromatic nitrogens is 1. The number of carbonyl (C=O) groups excluding carboxylic acids is 3. The number of urea groups is 1. The zero-order chi connectivity index (χ0) is 20.1. The molecule has 9 heteroatoms. The second-order valence-corrected chi connectivity index (χ2v) is 7.67. The van der Waals surface area contributed by atoms with Crippen molar-refractivity contribution in [2.75, 3.05) is 27.3 Å². The van der Waals surface area contributed by atoms with Gasteiger partial charge < -0.3 is 19.7 Å². The fourth-order valence-corrected chi connectivity index (χ4v) is 4.35. The summed E-state index contributed by atoms with van der Waals surface area (Å²) in [7, 11) is 2.44. The van der Waals surface area contributed by atoms with Gasteiger partial charge in [0.05, 0.1) is 35.9 Å². The van der Waals surface area contributed by atoms with Crippen molar-refractivity contribution in [2.45, 2.75) is 31.2 Å². The van der Waals surface area contributed by atoms with E-state index in [9.17, 15) is 14.4 Å². The van der Waals surface area contributed by atoms with E-state index in [1.165, 1.54) is 14.2 Å². The molecule has 1 aliphatic rings. The van der Waals surface area contributed by atoms with Gasteiger partial charge in [-0.2, -0.15) is 0 Å². The van der Waals surface area contributed by atoms with Gasteiger partial charge >= 0.3 is 18.0 Å². The van der Waals surface area contributed by atoms with Crippen LogP contribution in [0.5, 0.6) is 0 Å². The van der Waals surface area contributed by atoms with Gasteiger partial charge in [-0.05, 0) is 25.0 Å². The molecule has 1 fully saturated rings. The molecule has 2 atom stereocenters. The Hall–Kier alpha value is -2.68. The minimum atomic E-state index is -1.08. The minimum Gasteiger partial charge on any atom is -0.469 e. The molecule has 8 nitrogen and oxygen atoms in total. The summed E-state index contributed by atoms with van der Waals surface area (Å²) in [6.07, 6.45) is 1.52. The summed E-state index contributed by atoms with van der Waals surface area (Å²) in [6.45, 7) is 1.09. The van der Waals surface area contributed by atoms with Gasteiger partial charge in [-0.25, -0.2) is 14.6 Å². The van der Waals surface area contributed by atoms with Crippen LogP contribution < -0.4 is 5.32 Å². The summed E-state index contributed by atoms with van der Waals surface area (Å²) in [6, 6.07) is 6.49. The molecule has 0 saturated carbocycles. The monoisotopic (exact) mass is 405 g/mol. The fraction of sp³-hybridized carbons (Fsp3) is 0.474. The first kappa shape index (κ1) is 20.1. The van der Waals surface area contributed by atoms with Crippen LogP contribution in [0.15, 0.2) is 24.3 Å². The average molecular weight is 405 g/mol. The first-order valence-corrected chi connectivity index (χ1v) is 9.89. The van der Waals surface area contributed by atoms with Gasteiger partial charge in [0.25, 0.3) is 0 Å². The third kappa shape index (κ3) is 4.59. The van der Waals surface area contributed by atoms with E-state index in [-0.39, 0.29) is 12.3 Å². The van der Waals surface area contributed by atoms with Crippen LogP contribution in [0.4, 0.5) is 4.79 Å². The second kappa shape index (κ2) is 9.01. The van der Waals surface area contributed by atoms with Crippen molar-refractivity contribution in [3.8, 4) is 0 Å². The average Bonchev–Trinajstić information content (AvgIpc) is 3.17. The summed E-state index contributed by atoms with van der Waals surface area (Å²) < 4.78 is 10.4. The highest BCUT2D eigenvalue weighted by atomic mass is 32.1. The molecule has 0 spiro atoms. The number of ether oxygens (including phenoxy) is 2. The topological polar surface area (TPSA) is 97.8 Å². The summed E-state index contributed by atoms with van der Waals surface area (Å²) in [5.41, 5.74) is 0.966. The van der Waals surface area contributed by atoms with E-state index in [0.29, 0.717) is 13.1 Å². The number of methoxy groups -OCH3 is 2. The maximum Gasteiger partial charge on any atom is 0.329 e. The molecular formula is C19H23N3O5S. The number of thiazole rings is 1. The van der Waals surface area contributed by atoms with Crippen LogP contribution in [0.25, 0.3) is 10.2 Å². The van der Waals surface area contributed by atoms with Gasteiger partial charge in [0, 0.05) is 19.0 Å². The number of hydrogen-bond acceptors (Lipinski definition) is 7. The SMILES string of the molecule is COC(=O)C[C@H](NC(=O)N1CCCC(c2nc3ccccc3s2)C1)C(=O)OC. The molecule has 2 heterocycles. The number of esters is 2. The minimum absolute atomic E-state index is 0.147. The van der Waals surface area contributed by atoms with Crippen LogP contribution in [0.1, 0.15) is 30.2 Å². The number of likely N-dealkylation sites (tertiary alicyclic amines) is 1. The van der Waals surface area contributed by atoms with Crippen molar-refractivity contribution in [1.82, 2.24) is 15.2 Å². The second-order valence-electron chi connectivity index (χ2n) is 6.61. The molecule has 2 amide bonds. The molecule has 3 rings (SSSR count). The van der Waals surface area contributed by atoms with Crippen LogP contribution in [0.3, 0.4) is 0 Å². The van der Waals surface area contributed by atoms with Crippen molar-refractivity contribution in [2.24, 2.45) is 0 Å². The highest BCUT2D eigenvalue weighted by molar-refractivity contribution is 7.18. The van der Waals surface area contributed by atoms with E-state index in [1.807, 2.05) is 24.3 Å². The molecule has 2 aromatic rings. The molecule has 1 aromatic carbocycles. The third-order valence-corrected chi connectivity index (χ3v) is 5.95. The molecule has 1 aliphatic heterocycles. The van der Waals surface area contributed by atoms with Crippen molar-refractivity contribution in [3.63, 3.8) is 0 Å². The first-order chi connectivity index (χ1) is 13.5. The summed E-state index contributed by atoms with van der Waals surface area (Å²) in [5, 5.41) is 3.61. The Morgan fingerprint density at radius 1 is 1.29 bits per heavy atom.